The molecule has 0 amide bonds. The maximum Gasteiger partial charge on any atom is 0.332 e. The normalized spacial score (nSPS) is 10.1. The molecule has 98 valence electrons. The Bertz CT molecular complexity index is 597. The molecular weight excluding hydrogens is 244 g/mol. The highest BCUT2D eigenvalue weighted by Crippen LogP contribution is 1.98. The minimum atomic E-state index is -1.24. The highest BCUT2D eigenvalue weighted by molar-refractivity contribution is 5.75. The monoisotopic (exact) mass is 256 g/mol. The van der Waals surface area contributed by atoms with Crippen LogP contribution in [0.2, 0.25) is 0 Å². The number of Topliss-reactive ketones (excluding diaryl/α,β-unsaturated/α-hetero) is 1. The standard InChI is InChI=1S/C10H12N2O6/c1-6(13)3-12-9(16)7(18-2)4-11(10(12)17)5-8(14)15/h4H,3,5H2,1-2H3,(H,14,15). The predicted molar refractivity (Wildman–Crippen MR) is 59.8 cm³/mol. The number of nitrogens with zero attached hydrogens (tertiary/aromatic N) is 2. The summed E-state index contributed by atoms with van der Waals surface area (Å²) in [5.74, 6) is -1.84. The third kappa shape index (κ3) is 2.84. The molecule has 0 spiro atoms. The van der Waals surface area contributed by atoms with Crippen molar-refractivity contribution in [3.8, 4) is 5.75 Å². The molecule has 0 aliphatic carbocycles. The number of ketones is 1. The first kappa shape index (κ1) is 13.7. The molecule has 1 aromatic heterocycles. The molecule has 1 rings (SSSR count). The van der Waals surface area contributed by atoms with Gasteiger partial charge in [0.2, 0.25) is 5.75 Å². The highest BCUT2D eigenvalue weighted by atomic mass is 16.5. The van der Waals surface area contributed by atoms with Crippen molar-refractivity contribution in [1.82, 2.24) is 9.13 Å². The second kappa shape index (κ2) is 5.30. The molecule has 0 aliphatic rings. The van der Waals surface area contributed by atoms with Gasteiger partial charge in [-0.2, -0.15) is 0 Å². The zero-order valence-electron chi connectivity index (χ0n) is 9.87. The van der Waals surface area contributed by atoms with Gasteiger partial charge < -0.3 is 9.84 Å². The molecule has 0 saturated heterocycles. The van der Waals surface area contributed by atoms with E-state index in [2.05, 4.69) is 0 Å². The number of rotatable bonds is 5. The molecule has 0 radical (unpaired) electrons. The average Bonchev–Trinajstić information content (AvgIpc) is 2.27. The molecule has 18 heavy (non-hydrogen) atoms. The number of methoxy groups -OCH3 is 1. The van der Waals surface area contributed by atoms with E-state index in [-0.39, 0.29) is 5.75 Å². The molecule has 0 saturated carbocycles. The largest absolute Gasteiger partial charge is 0.490 e. The Morgan fingerprint density at radius 1 is 1.33 bits per heavy atom. The van der Waals surface area contributed by atoms with Gasteiger partial charge in [-0.3, -0.25) is 19.0 Å². The third-order valence-electron chi connectivity index (χ3n) is 2.11. The van der Waals surface area contributed by atoms with Gasteiger partial charge in [-0.15, -0.1) is 0 Å². The number of aliphatic carboxylic acids is 1. The maximum absolute atomic E-state index is 11.8. The van der Waals surface area contributed by atoms with Crippen LogP contribution in [0.1, 0.15) is 6.92 Å². The zero-order valence-corrected chi connectivity index (χ0v) is 9.87. The summed E-state index contributed by atoms with van der Waals surface area (Å²) in [6, 6.07) is 0. The molecule has 1 heterocycles. The van der Waals surface area contributed by atoms with Crippen molar-refractivity contribution in [2.75, 3.05) is 7.11 Å². The van der Waals surface area contributed by atoms with E-state index in [1.807, 2.05) is 0 Å². The van der Waals surface area contributed by atoms with Gasteiger partial charge in [0.05, 0.1) is 19.9 Å². The van der Waals surface area contributed by atoms with Gasteiger partial charge in [0.1, 0.15) is 12.3 Å². The van der Waals surface area contributed by atoms with Gasteiger partial charge in [-0.1, -0.05) is 0 Å². The van der Waals surface area contributed by atoms with Gasteiger partial charge in [0, 0.05) is 0 Å². The highest BCUT2D eigenvalue weighted by Gasteiger charge is 2.14. The van der Waals surface area contributed by atoms with E-state index in [1.165, 1.54) is 14.0 Å². The Kier molecular flexibility index (Phi) is 4.03. The van der Waals surface area contributed by atoms with Gasteiger partial charge in [-0.05, 0) is 6.92 Å². The van der Waals surface area contributed by atoms with Crippen molar-refractivity contribution in [2.45, 2.75) is 20.0 Å². The van der Waals surface area contributed by atoms with E-state index < -0.39 is 36.1 Å². The summed E-state index contributed by atoms with van der Waals surface area (Å²) in [6.07, 6.45) is 1.01. The molecule has 8 heteroatoms. The molecule has 0 unspecified atom stereocenters. The van der Waals surface area contributed by atoms with E-state index in [0.717, 1.165) is 10.8 Å². The molecule has 1 aromatic rings. The predicted octanol–water partition coefficient (Wildman–Crippen LogP) is -1.31. The number of hydrogen-bond donors (Lipinski definition) is 1. The molecule has 0 aromatic carbocycles. The van der Waals surface area contributed by atoms with Crippen LogP contribution in [0.4, 0.5) is 0 Å². The maximum atomic E-state index is 11.8. The van der Waals surface area contributed by atoms with Crippen LogP contribution in [0.25, 0.3) is 0 Å². The second-order valence-corrected chi connectivity index (χ2v) is 3.60. The molecular formula is C10H12N2O6. The third-order valence-corrected chi connectivity index (χ3v) is 2.11. The Labute approximate surface area is 101 Å². The van der Waals surface area contributed by atoms with Crippen LogP contribution in [0, 0.1) is 0 Å². The zero-order chi connectivity index (χ0) is 13.9. The first-order valence-corrected chi connectivity index (χ1v) is 4.96. The fraction of sp³-hybridized carbons (Fsp3) is 0.400. The van der Waals surface area contributed by atoms with Gasteiger partial charge in [-0.25, -0.2) is 9.36 Å². The molecule has 0 bridgehead atoms. The minimum Gasteiger partial charge on any atom is -0.490 e. The molecule has 0 fully saturated rings. The van der Waals surface area contributed by atoms with Crippen LogP contribution in [0.3, 0.4) is 0 Å². The van der Waals surface area contributed by atoms with Gasteiger partial charge in [0.15, 0.2) is 0 Å². The van der Waals surface area contributed by atoms with Crippen LogP contribution in [0.5, 0.6) is 5.75 Å². The first-order valence-electron chi connectivity index (χ1n) is 4.96. The Hall–Kier alpha value is -2.38. The number of carbonyl (C=O) groups excluding carboxylic acids is 1. The fourth-order valence-electron chi connectivity index (χ4n) is 1.39. The Morgan fingerprint density at radius 2 is 1.94 bits per heavy atom. The van der Waals surface area contributed by atoms with Crippen molar-refractivity contribution in [1.29, 1.82) is 0 Å². The summed E-state index contributed by atoms with van der Waals surface area (Å²) < 4.78 is 6.19. The van der Waals surface area contributed by atoms with Crippen molar-refractivity contribution < 1.29 is 19.4 Å². The number of aromatic nitrogens is 2. The molecule has 1 N–H and O–H groups in total. The number of hydrogen-bond acceptors (Lipinski definition) is 5. The lowest BCUT2D eigenvalue weighted by molar-refractivity contribution is -0.137. The van der Waals surface area contributed by atoms with Crippen molar-refractivity contribution >= 4 is 11.8 Å². The summed E-state index contributed by atoms with van der Waals surface area (Å²) in [4.78, 5) is 45.1. The number of carboxylic acid groups (broad SMARTS) is 1. The minimum absolute atomic E-state index is 0.197. The van der Waals surface area contributed by atoms with E-state index in [0.29, 0.717) is 4.57 Å². The molecule has 0 aliphatic heterocycles. The second-order valence-electron chi connectivity index (χ2n) is 3.60. The number of carbonyl (C=O) groups is 2. The van der Waals surface area contributed by atoms with E-state index in [1.54, 1.807) is 0 Å². The Balaban J connectivity index is 3.48. The van der Waals surface area contributed by atoms with Crippen LogP contribution in [-0.4, -0.2) is 33.1 Å². The van der Waals surface area contributed by atoms with Gasteiger partial charge in [0.25, 0.3) is 5.56 Å². The van der Waals surface area contributed by atoms with Crippen LogP contribution in [0.15, 0.2) is 15.8 Å². The van der Waals surface area contributed by atoms with Crippen molar-refractivity contribution in [3.05, 3.63) is 27.0 Å². The summed E-state index contributed by atoms with van der Waals surface area (Å²) in [5, 5.41) is 8.64. The lowest BCUT2D eigenvalue weighted by Gasteiger charge is -2.09. The van der Waals surface area contributed by atoms with Crippen molar-refractivity contribution in [3.63, 3.8) is 0 Å². The summed E-state index contributed by atoms with van der Waals surface area (Å²) in [7, 11) is 1.21. The lowest BCUT2D eigenvalue weighted by Crippen LogP contribution is -2.42. The smallest absolute Gasteiger partial charge is 0.332 e. The summed E-state index contributed by atoms with van der Waals surface area (Å²) in [5.41, 5.74) is -1.63. The molecule has 0 atom stereocenters. The van der Waals surface area contributed by atoms with Crippen LogP contribution in [-0.2, 0) is 22.7 Å². The molecule has 8 nitrogen and oxygen atoms in total. The number of ether oxygens (including phenoxy) is 1. The quantitative estimate of drug-likeness (QED) is 0.701. The van der Waals surface area contributed by atoms with E-state index in [9.17, 15) is 19.2 Å². The van der Waals surface area contributed by atoms with Crippen LogP contribution < -0.4 is 16.0 Å². The van der Waals surface area contributed by atoms with Crippen molar-refractivity contribution in [2.24, 2.45) is 0 Å². The Morgan fingerprint density at radius 3 is 2.39 bits per heavy atom. The topological polar surface area (TPSA) is 108 Å². The van der Waals surface area contributed by atoms with Crippen LogP contribution >= 0.6 is 0 Å². The number of carboxylic acids is 1. The first-order chi connectivity index (χ1) is 8.36. The van der Waals surface area contributed by atoms with E-state index >= 15 is 0 Å². The fourth-order valence-corrected chi connectivity index (χ4v) is 1.39. The summed E-state index contributed by atoms with van der Waals surface area (Å²) in [6.45, 7) is 0.175. The van der Waals surface area contributed by atoms with Gasteiger partial charge >= 0.3 is 11.7 Å². The summed E-state index contributed by atoms with van der Waals surface area (Å²) >= 11 is 0. The van der Waals surface area contributed by atoms with E-state index in [4.69, 9.17) is 9.84 Å². The SMILES string of the molecule is COc1cn(CC(=O)O)c(=O)n(CC(C)=O)c1=O. The lowest BCUT2D eigenvalue weighted by atomic mass is 10.4. The average molecular weight is 256 g/mol.